The molecule has 0 aliphatic carbocycles. The van der Waals surface area contributed by atoms with Crippen LogP contribution in [0.5, 0.6) is 5.75 Å². The smallest absolute Gasteiger partial charge is 0.265 e. The van der Waals surface area contributed by atoms with Gasteiger partial charge in [-0.05, 0) is 58.0 Å². The molecule has 0 bridgehead atoms. The molecule has 0 heterocycles. The maximum absolute atomic E-state index is 12.4. The largest absolute Gasteiger partial charge is 0.481 e. The first-order valence-electron chi connectivity index (χ1n) is 8.23. The van der Waals surface area contributed by atoms with E-state index in [1.54, 1.807) is 52.0 Å². The van der Waals surface area contributed by atoms with Crippen molar-refractivity contribution in [3.63, 3.8) is 0 Å². The summed E-state index contributed by atoms with van der Waals surface area (Å²) in [6, 6.07) is 15.1. The van der Waals surface area contributed by atoms with E-state index in [0.29, 0.717) is 11.4 Å². The number of sulfonamides is 1. The second kappa shape index (κ2) is 7.88. The first kappa shape index (κ1) is 19.9. The van der Waals surface area contributed by atoms with Gasteiger partial charge >= 0.3 is 0 Å². The standard InChI is InChI=1S/C19H24N2O4S/c1-14(25-16-10-6-5-7-11-16)18(22)20-15-9-8-12-17(13-15)26(23,24)21-19(2,3)4/h5-14,21H,1-4H3,(H,20,22)/t14-/m0/s1. The number of nitrogens with one attached hydrogen (secondary N) is 2. The van der Waals surface area contributed by atoms with E-state index in [9.17, 15) is 13.2 Å². The fourth-order valence-electron chi connectivity index (χ4n) is 2.20. The van der Waals surface area contributed by atoms with Gasteiger partial charge in [0.05, 0.1) is 4.90 Å². The summed E-state index contributed by atoms with van der Waals surface area (Å²) in [5.74, 6) is 0.216. The minimum atomic E-state index is -3.68. The molecule has 0 aliphatic rings. The zero-order chi connectivity index (χ0) is 19.4. The summed E-state index contributed by atoms with van der Waals surface area (Å²) in [7, 11) is -3.68. The monoisotopic (exact) mass is 376 g/mol. The van der Waals surface area contributed by atoms with E-state index in [2.05, 4.69) is 10.0 Å². The maximum atomic E-state index is 12.4. The molecule has 0 aliphatic heterocycles. The first-order chi connectivity index (χ1) is 12.1. The molecular weight excluding hydrogens is 352 g/mol. The van der Waals surface area contributed by atoms with Crippen molar-refractivity contribution in [1.29, 1.82) is 0 Å². The SMILES string of the molecule is C[C@H](Oc1ccccc1)C(=O)Nc1cccc(S(=O)(=O)NC(C)(C)C)c1. The molecule has 140 valence electrons. The van der Waals surface area contributed by atoms with Gasteiger partial charge < -0.3 is 10.1 Å². The van der Waals surface area contributed by atoms with Crippen LogP contribution in [-0.4, -0.2) is 26.0 Å². The van der Waals surface area contributed by atoms with Crippen molar-refractivity contribution in [2.24, 2.45) is 0 Å². The molecule has 1 amide bonds. The molecule has 6 nitrogen and oxygen atoms in total. The number of para-hydroxylation sites is 1. The van der Waals surface area contributed by atoms with Crippen molar-refractivity contribution in [1.82, 2.24) is 4.72 Å². The van der Waals surface area contributed by atoms with E-state index in [1.807, 2.05) is 18.2 Å². The van der Waals surface area contributed by atoms with Crippen molar-refractivity contribution in [3.05, 3.63) is 54.6 Å². The molecule has 0 saturated carbocycles. The van der Waals surface area contributed by atoms with Crippen LogP contribution in [0.15, 0.2) is 59.5 Å². The van der Waals surface area contributed by atoms with Crippen molar-refractivity contribution in [2.75, 3.05) is 5.32 Å². The van der Waals surface area contributed by atoms with Crippen molar-refractivity contribution >= 4 is 21.6 Å². The van der Waals surface area contributed by atoms with Crippen LogP contribution in [0.3, 0.4) is 0 Å². The minimum absolute atomic E-state index is 0.0851. The zero-order valence-electron chi connectivity index (χ0n) is 15.3. The summed E-state index contributed by atoms with van der Waals surface area (Å²) in [5, 5.41) is 2.68. The van der Waals surface area contributed by atoms with E-state index >= 15 is 0 Å². The zero-order valence-corrected chi connectivity index (χ0v) is 16.1. The molecule has 2 N–H and O–H groups in total. The van der Waals surface area contributed by atoms with Gasteiger partial charge in [-0.25, -0.2) is 13.1 Å². The fourth-order valence-corrected chi connectivity index (χ4v) is 3.67. The predicted molar refractivity (Wildman–Crippen MR) is 102 cm³/mol. The van der Waals surface area contributed by atoms with E-state index < -0.39 is 21.7 Å². The molecule has 7 heteroatoms. The number of carbonyl (C=O) groups excluding carboxylic acids is 1. The number of hydrogen-bond donors (Lipinski definition) is 2. The lowest BCUT2D eigenvalue weighted by Gasteiger charge is -2.20. The van der Waals surface area contributed by atoms with Crippen LogP contribution in [0, 0.1) is 0 Å². The van der Waals surface area contributed by atoms with Gasteiger partial charge in [0.25, 0.3) is 5.91 Å². The maximum Gasteiger partial charge on any atom is 0.265 e. The average molecular weight is 376 g/mol. The number of anilines is 1. The van der Waals surface area contributed by atoms with Crippen LogP contribution < -0.4 is 14.8 Å². The van der Waals surface area contributed by atoms with Crippen molar-refractivity contribution in [2.45, 2.75) is 44.2 Å². The second-order valence-electron chi connectivity index (χ2n) is 6.95. The van der Waals surface area contributed by atoms with Crippen LogP contribution in [0.4, 0.5) is 5.69 Å². The highest BCUT2D eigenvalue weighted by Crippen LogP contribution is 2.18. The number of rotatable bonds is 6. The summed E-state index contributed by atoms with van der Waals surface area (Å²) >= 11 is 0. The Morgan fingerprint density at radius 1 is 1.04 bits per heavy atom. The molecule has 0 aromatic heterocycles. The minimum Gasteiger partial charge on any atom is -0.481 e. The molecule has 2 rings (SSSR count). The number of hydrogen-bond acceptors (Lipinski definition) is 4. The lowest BCUT2D eigenvalue weighted by molar-refractivity contribution is -0.122. The summed E-state index contributed by atoms with van der Waals surface area (Å²) < 4.78 is 33.0. The number of amides is 1. The molecule has 0 fully saturated rings. The second-order valence-corrected chi connectivity index (χ2v) is 8.63. The van der Waals surface area contributed by atoms with Gasteiger partial charge in [0.15, 0.2) is 6.10 Å². The van der Waals surface area contributed by atoms with Crippen LogP contribution in [0.1, 0.15) is 27.7 Å². The highest BCUT2D eigenvalue weighted by molar-refractivity contribution is 7.89. The lowest BCUT2D eigenvalue weighted by atomic mass is 10.1. The van der Waals surface area contributed by atoms with Gasteiger partial charge in [-0.15, -0.1) is 0 Å². The van der Waals surface area contributed by atoms with Gasteiger partial charge in [-0.3, -0.25) is 4.79 Å². The Labute approximate surface area is 154 Å². The van der Waals surface area contributed by atoms with Gasteiger partial charge in [-0.2, -0.15) is 0 Å². The Bertz CT molecular complexity index is 859. The predicted octanol–water partition coefficient (Wildman–Crippen LogP) is 3.17. The fraction of sp³-hybridized carbons (Fsp3) is 0.316. The molecule has 0 unspecified atom stereocenters. The Morgan fingerprint density at radius 2 is 1.69 bits per heavy atom. The summed E-state index contributed by atoms with van der Waals surface area (Å²) in [6.07, 6.45) is -0.731. The van der Waals surface area contributed by atoms with Gasteiger partial charge in [0.1, 0.15) is 5.75 Å². The highest BCUT2D eigenvalue weighted by atomic mass is 32.2. The summed E-state index contributed by atoms with van der Waals surface area (Å²) in [5.41, 5.74) is -0.217. The molecule has 0 spiro atoms. The Balaban J connectivity index is 2.09. The molecule has 2 aromatic rings. The molecule has 0 saturated heterocycles. The molecule has 2 aromatic carbocycles. The van der Waals surface area contributed by atoms with E-state index in [0.717, 1.165) is 0 Å². The third-order valence-electron chi connectivity index (χ3n) is 3.28. The van der Waals surface area contributed by atoms with E-state index in [4.69, 9.17) is 4.74 Å². The third kappa shape index (κ3) is 5.86. The van der Waals surface area contributed by atoms with Gasteiger partial charge in [0.2, 0.25) is 10.0 Å². The number of benzene rings is 2. The van der Waals surface area contributed by atoms with E-state index in [1.165, 1.54) is 12.1 Å². The van der Waals surface area contributed by atoms with Crippen LogP contribution in [0.25, 0.3) is 0 Å². The Kier molecular flexibility index (Phi) is 6.05. The molecule has 0 radical (unpaired) electrons. The topological polar surface area (TPSA) is 84.5 Å². The number of ether oxygens (including phenoxy) is 1. The number of carbonyl (C=O) groups is 1. The van der Waals surface area contributed by atoms with Gasteiger partial charge in [0, 0.05) is 11.2 Å². The molecule has 1 atom stereocenters. The normalized spacial score (nSPS) is 13.1. The highest BCUT2D eigenvalue weighted by Gasteiger charge is 2.22. The van der Waals surface area contributed by atoms with Crippen molar-refractivity contribution < 1.29 is 17.9 Å². The first-order valence-corrected chi connectivity index (χ1v) is 9.72. The van der Waals surface area contributed by atoms with Crippen LogP contribution >= 0.6 is 0 Å². The Hall–Kier alpha value is -2.38. The van der Waals surface area contributed by atoms with Crippen LogP contribution in [0.2, 0.25) is 0 Å². The summed E-state index contributed by atoms with van der Waals surface area (Å²) in [4.78, 5) is 12.4. The third-order valence-corrected chi connectivity index (χ3v) is 5.03. The Morgan fingerprint density at radius 3 is 2.31 bits per heavy atom. The van der Waals surface area contributed by atoms with Gasteiger partial charge in [-0.1, -0.05) is 24.3 Å². The van der Waals surface area contributed by atoms with Crippen molar-refractivity contribution in [3.8, 4) is 5.75 Å². The lowest BCUT2D eigenvalue weighted by Crippen LogP contribution is -2.40. The molecular formula is C19H24N2O4S. The quantitative estimate of drug-likeness (QED) is 0.811. The van der Waals surface area contributed by atoms with Crippen LogP contribution in [-0.2, 0) is 14.8 Å². The summed E-state index contributed by atoms with van der Waals surface area (Å²) in [6.45, 7) is 6.92. The average Bonchev–Trinajstić information content (AvgIpc) is 2.54. The molecule has 26 heavy (non-hydrogen) atoms. The van der Waals surface area contributed by atoms with E-state index in [-0.39, 0.29) is 10.8 Å².